The number of para-hydroxylation sites is 1. The molecule has 148 valence electrons. The van der Waals surface area contributed by atoms with Crippen molar-refractivity contribution in [3.63, 3.8) is 0 Å². The Kier molecular flexibility index (Phi) is 4.24. The minimum absolute atomic E-state index is 0.102. The smallest absolute Gasteiger partial charge is 0.262 e. The quantitative estimate of drug-likeness (QED) is 0.545. The first kappa shape index (κ1) is 18.1. The van der Waals surface area contributed by atoms with Crippen LogP contribution in [0.3, 0.4) is 0 Å². The molecule has 0 radical (unpaired) electrons. The van der Waals surface area contributed by atoms with Crippen molar-refractivity contribution in [2.45, 2.75) is 45.1 Å². The summed E-state index contributed by atoms with van der Waals surface area (Å²) in [5.41, 5.74) is 1.34. The highest BCUT2D eigenvalue weighted by Crippen LogP contribution is 2.38. The third-order valence-corrected chi connectivity index (χ3v) is 6.64. The number of hydrogen-bond donors (Lipinski definition) is 1. The van der Waals surface area contributed by atoms with Crippen molar-refractivity contribution >= 4 is 27.5 Å². The zero-order valence-electron chi connectivity index (χ0n) is 16.3. The lowest BCUT2D eigenvalue weighted by molar-refractivity contribution is 0.0896. The molecule has 4 aromatic rings. The Morgan fingerprint density at radius 2 is 1.97 bits per heavy atom. The van der Waals surface area contributed by atoms with E-state index in [0.717, 1.165) is 47.3 Å². The molecule has 0 aliphatic heterocycles. The minimum Gasteiger partial charge on any atom is -0.340 e. The van der Waals surface area contributed by atoms with E-state index in [2.05, 4.69) is 20.6 Å². The molecule has 7 nitrogen and oxygen atoms in total. The number of hydrogen-bond acceptors (Lipinski definition) is 6. The van der Waals surface area contributed by atoms with Gasteiger partial charge in [0.05, 0.1) is 16.3 Å². The van der Waals surface area contributed by atoms with Crippen LogP contribution in [0.2, 0.25) is 0 Å². The lowest BCUT2D eigenvalue weighted by atomic mass is 9.96. The summed E-state index contributed by atoms with van der Waals surface area (Å²) in [5.74, 6) is 0.990. The van der Waals surface area contributed by atoms with Crippen LogP contribution in [0.1, 0.15) is 52.8 Å². The van der Waals surface area contributed by atoms with Crippen LogP contribution in [-0.4, -0.2) is 25.8 Å². The van der Waals surface area contributed by atoms with Gasteiger partial charge < -0.3 is 9.84 Å². The third kappa shape index (κ3) is 3.04. The standard InChI is InChI=1S/C21H21N5O2S/c1-13-16-12-17(29-19(16)26(24-13)15-8-4-3-5-9-15)18(27)23-21(10-6-7-11-21)20-22-14(2)28-25-20/h3-5,8-9,12H,6-7,10-11H2,1-2H3,(H,23,27). The average Bonchev–Trinajstić information content (AvgIpc) is 3.49. The molecule has 5 rings (SSSR count). The van der Waals surface area contributed by atoms with Crippen molar-refractivity contribution in [2.24, 2.45) is 0 Å². The van der Waals surface area contributed by atoms with Gasteiger partial charge in [0.1, 0.15) is 10.4 Å². The molecule has 1 aliphatic rings. The molecule has 1 fully saturated rings. The first-order chi connectivity index (χ1) is 14.1. The van der Waals surface area contributed by atoms with Gasteiger partial charge in [0.15, 0.2) is 5.82 Å². The fraction of sp³-hybridized carbons (Fsp3) is 0.333. The maximum atomic E-state index is 13.2. The van der Waals surface area contributed by atoms with Gasteiger partial charge in [-0.1, -0.05) is 36.2 Å². The zero-order valence-corrected chi connectivity index (χ0v) is 17.1. The number of benzene rings is 1. The fourth-order valence-electron chi connectivity index (χ4n) is 4.06. The topological polar surface area (TPSA) is 85.8 Å². The van der Waals surface area contributed by atoms with E-state index in [1.165, 1.54) is 11.3 Å². The average molecular weight is 407 g/mol. The Morgan fingerprint density at radius 1 is 1.21 bits per heavy atom. The minimum atomic E-state index is -0.550. The van der Waals surface area contributed by atoms with Crippen molar-refractivity contribution in [2.75, 3.05) is 0 Å². The van der Waals surface area contributed by atoms with Gasteiger partial charge in [-0.15, -0.1) is 11.3 Å². The molecule has 1 aliphatic carbocycles. The second-order valence-corrected chi connectivity index (χ2v) is 8.57. The monoisotopic (exact) mass is 407 g/mol. The molecule has 1 aromatic carbocycles. The summed E-state index contributed by atoms with van der Waals surface area (Å²) in [6.45, 7) is 3.74. The summed E-state index contributed by atoms with van der Waals surface area (Å²) in [5, 5.41) is 13.0. The van der Waals surface area contributed by atoms with E-state index in [0.29, 0.717) is 16.6 Å². The van der Waals surface area contributed by atoms with Crippen LogP contribution in [0.15, 0.2) is 40.9 Å². The Bertz CT molecular complexity index is 1180. The number of aryl methyl sites for hydroxylation is 2. The molecule has 0 spiro atoms. The molecular formula is C21H21N5O2S. The summed E-state index contributed by atoms with van der Waals surface area (Å²) in [4.78, 5) is 19.2. The van der Waals surface area contributed by atoms with E-state index in [-0.39, 0.29) is 5.91 Å². The number of carbonyl (C=O) groups excluding carboxylic acids is 1. The second kappa shape index (κ2) is 6.81. The van der Waals surface area contributed by atoms with Gasteiger partial charge in [0.25, 0.3) is 5.91 Å². The number of nitrogens with one attached hydrogen (secondary N) is 1. The van der Waals surface area contributed by atoms with Crippen molar-refractivity contribution < 1.29 is 9.32 Å². The normalized spacial score (nSPS) is 15.8. The van der Waals surface area contributed by atoms with Crippen LogP contribution in [0.5, 0.6) is 0 Å². The molecule has 8 heteroatoms. The van der Waals surface area contributed by atoms with Gasteiger partial charge in [-0.3, -0.25) is 4.79 Å². The molecule has 0 bridgehead atoms. The molecule has 0 saturated heterocycles. The van der Waals surface area contributed by atoms with Gasteiger partial charge in [-0.05, 0) is 38.0 Å². The van der Waals surface area contributed by atoms with Crippen LogP contribution < -0.4 is 5.32 Å². The van der Waals surface area contributed by atoms with E-state index >= 15 is 0 Å². The molecule has 1 N–H and O–H groups in total. The van der Waals surface area contributed by atoms with E-state index in [1.54, 1.807) is 6.92 Å². The van der Waals surface area contributed by atoms with Crippen LogP contribution in [-0.2, 0) is 5.54 Å². The lowest BCUT2D eigenvalue weighted by Gasteiger charge is -2.26. The number of nitrogens with zero attached hydrogens (tertiary/aromatic N) is 4. The van der Waals surface area contributed by atoms with Gasteiger partial charge in [-0.25, -0.2) is 4.68 Å². The van der Waals surface area contributed by atoms with Crippen molar-refractivity contribution in [3.8, 4) is 5.69 Å². The third-order valence-electron chi connectivity index (χ3n) is 5.53. The second-order valence-electron chi connectivity index (χ2n) is 7.54. The highest BCUT2D eigenvalue weighted by Gasteiger charge is 2.41. The first-order valence-electron chi connectivity index (χ1n) is 9.74. The molecule has 29 heavy (non-hydrogen) atoms. The highest BCUT2D eigenvalue weighted by atomic mass is 32.1. The number of thiophene rings is 1. The Morgan fingerprint density at radius 3 is 2.66 bits per heavy atom. The Hall–Kier alpha value is -3.00. The largest absolute Gasteiger partial charge is 0.340 e. The maximum Gasteiger partial charge on any atom is 0.262 e. The van der Waals surface area contributed by atoms with Crippen LogP contribution in [0, 0.1) is 13.8 Å². The number of carbonyl (C=O) groups is 1. The van der Waals surface area contributed by atoms with Gasteiger partial charge in [0, 0.05) is 12.3 Å². The van der Waals surface area contributed by atoms with Crippen LogP contribution in [0.25, 0.3) is 15.9 Å². The van der Waals surface area contributed by atoms with Crippen LogP contribution >= 0.6 is 11.3 Å². The van der Waals surface area contributed by atoms with Crippen molar-refractivity contribution in [3.05, 3.63) is 58.7 Å². The maximum absolute atomic E-state index is 13.2. The summed E-state index contributed by atoms with van der Waals surface area (Å²) >= 11 is 1.45. The Labute approximate surface area is 171 Å². The molecule has 3 heterocycles. The van der Waals surface area contributed by atoms with E-state index in [9.17, 15) is 4.79 Å². The number of amides is 1. The zero-order chi connectivity index (χ0) is 20.0. The van der Waals surface area contributed by atoms with E-state index in [1.807, 2.05) is 48.0 Å². The lowest BCUT2D eigenvalue weighted by Crippen LogP contribution is -2.44. The summed E-state index contributed by atoms with van der Waals surface area (Å²) in [7, 11) is 0. The summed E-state index contributed by atoms with van der Waals surface area (Å²) < 4.78 is 7.09. The number of aromatic nitrogens is 4. The molecular weight excluding hydrogens is 386 g/mol. The first-order valence-corrected chi connectivity index (χ1v) is 10.6. The summed E-state index contributed by atoms with van der Waals surface area (Å²) in [6.07, 6.45) is 3.70. The van der Waals surface area contributed by atoms with Gasteiger partial charge in [0.2, 0.25) is 5.89 Å². The summed E-state index contributed by atoms with van der Waals surface area (Å²) in [6, 6.07) is 11.9. The predicted molar refractivity (Wildman–Crippen MR) is 110 cm³/mol. The van der Waals surface area contributed by atoms with Crippen molar-refractivity contribution in [1.29, 1.82) is 0 Å². The molecule has 3 aromatic heterocycles. The van der Waals surface area contributed by atoms with Gasteiger partial charge in [-0.2, -0.15) is 10.1 Å². The van der Waals surface area contributed by atoms with Gasteiger partial charge >= 0.3 is 0 Å². The molecule has 1 amide bonds. The molecule has 0 atom stereocenters. The SMILES string of the molecule is Cc1nc(C2(NC(=O)c3cc4c(C)nn(-c5ccccc5)c4s3)CCCC2)no1. The Balaban J connectivity index is 1.50. The van der Waals surface area contributed by atoms with Crippen molar-refractivity contribution in [1.82, 2.24) is 25.2 Å². The van der Waals surface area contributed by atoms with Crippen LogP contribution in [0.4, 0.5) is 0 Å². The van der Waals surface area contributed by atoms with E-state index < -0.39 is 5.54 Å². The van der Waals surface area contributed by atoms with E-state index in [4.69, 9.17) is 4.52 Å². The fourth-order valence-corrected chi connectivity index (χ4v) is 5.14. The molecule has 0 unspecified atom stereocenters. The molecule has 1 saturated carbocycles. The highest BCUT2D eigenvalue weighted by molar-refractivity contribution is 7.20. The predicted octanol–water partition coefficient (Wildman–Crippen LogP) is 4.29. The number of fused-ring (bicyclic) bond motifs is 1. The number of rotatable bonds is 4.